The molecule has 0 spiro atoms. The van der Waals surface area contributed by atoms with E-state index in [1.54, 1.807) is 0 Å². The van der Waals surface area contributed by atoms with Crippen LogP contribution in [0, 0.1) is 20.6 Å². The minimum Gasteiger partial charge on any atom is -0.412 e. The third-order valence-corrected chi connectivity index (χ3v) is 9.39. The molecule has 0 aliphatic heterocycles. The minimum atomic E-state index is -1.57. The summed E-state index contributed by atoms with van der Waals surface area (Å²) in [5.41, 5.74) is 7.08. The van der Waals surface area contributed by atoms with Gasteiger partial charge in [0, 0.05) is 0 Å². The maximum Gasteiger partial charge on any atom is -0.412 e. The van der Waals surface area contributed by atoms with Crippen molar-refractivity contribution in [1.29, 1.82) is 0 Å². The monoisotopic (exact) mass is 343 g/mol. The van der Waals surface area contributed by atoms with Gasteiger partial charge in [-0.2, -0.15) is 0 Å². The molecule has 18 heavy (non-hydrogen) atoms. The first-order chi connectivity index (χ1) is 7.31. The molecule has 0 atom stereocenters. The third-order valence-electron chi connectivity index (χ3n) is 1.88. The summed E-state index contributed by atoms with van der Waals surface area (Å²) in [6.07, 6.45) is 0. The van der Waals surface area contributed by atoms with Crippen LogP contribution in [0.5, 0.6) is 0 Å². The first-order valence-corrected chi connectivity index (χ1v) is 16.4. The molecule has 0 saturated carbocycles. The fraction of sp³-hybridized carbons (Fsp3) is 0.714. The first-order valence-electron chi connectivity index (χ1n) is 6.25. The van der Waals surface area contributed by atoms with Gasteiger partial charge in [0.2, 0.25) is 0 Å². The maximum absolute atomic E-state index is 3.60. The standard InChI is InChI=1S/C14H27GeSi2.H2O/c1-14(2,3)15(10-12-16(4,5)6)11-13-17(7,8)9;/h1-9H3;1H2. The van der Waals surface area contributed by atoms with Crippen LogP contribution in [0.25, 0.3) is 0 Å². The van der Waals surface area contributed by atoms with Crippen molar-refractivity contribution in [3.63, 3.8) is 0 Å². The molecule has 4 heteroatoms. The van der Waals surface area contributed by atoms with E-state index in [0.717, 1.165) is 0 Å². The van der Waals surface area contributed by atoms with Crippen LogP contribution in [0.15, 0.2) is 0 Å². The Morgan fingerprint density at radius 3 is 1.17 bits per heavy atom. The Hall–Kier alpha value is 0.0566. The van der Waals surface area contributed by atoms with E-state index in [-0.39, 0.29) is 5.48 Å². The average Bonchev–Trinajstić information content (AvgIpc) is 1.96. The molecule has 0 aliphatic rings. The third kappa shape index (κ3) is 11.2. The summed E-state index contributed by atoms with van der Waals surface area (Å²) in [5, 5.41) is 0. The summed E-state index contributed by atoms with van der Waals surface area (Å²) in [6.45, 7) is 20.8. The molecular weight excluding hydrogens is 313 g/mol. The van der Waals surface area contributed by atoms with Crippen molar-refractivity contribution in [3.05, 3.63) is 0 Å². The number of hydrogen-bond donors (Lipinski definition) is 0. The molecule has 2 N–H and O–H groups in total. The van der Waals surface area contributed by atoms with E-state index in [9.17, 15) is 0 Å². The summed E-state index contributed by atoms with van der Waals surface area (Å²) in [6, 6.07) is 0. The molecule has 0 aromatic heterocycles. The van der Waals surface area contributed by atoms with Gasteiger partial charge in [0.1, 0.15) is 0 Å². The number of rotatable bonds is 0. The van der Waals surface area contributed by atoms with Crippen molar-refractivity contribution in [1.82, 2.24) is 0 Å². The molecule has 0 unspecified atom stereocenters. The van der Waals surface area contributed by atoms with E-state index in [1.165, 1.54) is 0 Å². The van der Waals surface area contributed by atoms with Gasteiger partial charge in [0.05, 0.1) is 0 Å². The Kier molecular flexibility index (Phi) is 7.93. The molecule has 103 valence electrons. The van der Waals surface area contributed by atoms with Crippen LogP contribution in [0.4, 0.5) is 0 Å². The normalized spacial score (nSPS) is 11.9. The second-order valence-corrected chi connectivity index (χ2v) is 22.9. The Bertz CT molecular complexity index is 343. The van der Waals surface area contributed by atoms with E-state index >= 15 is 0 Å². The van der Waals surface area contributed by atoms with Crippen molar-refractivity contribution in [3.8, 4) is 20.6 Å². The largest absolute Gasteiger partial charge is 0.412 e. The van der Waals surface area contributed by atoms with Gasteiger partial charge >= 0.3 is 115 Å². The first kappa shape index (κ1) is 20.4. The van der Waals surface area contributed by atoms with Crippen molar-refractivity contribution in [2.45, 2.75) is 64.3 Å². The van der Waals surface area contributed by atoms with Gasteiger partial charge < -0.3 is 5.48 Å². The zero-order valence-corrected chi connectivity index (χ0v) is 17.6. The Labute approximate surface area is 121 Å². The van der Waals surface area contributed by atoms with Crippen molar-refractivity contribution >= 4 is 30.5 Å². The zero-order chi connectivity index (χ0) is 13.9. The predicted octanol–water partition coefficient (Wildman–Crippen LogP) is 3.30. The van der Waals surface area contributed by atoms with E-state index in [1.807, 2.05) is 0 Å². The molecule has 0 aliphatic carbocycles. The fourth-order valence-corrected chi connectivity index (χ4v) is 9.91. The molecule has 0 amide bonds. The van der Waals surface area contributed by atoms with Gasteiger partial charge in [0.25, 0.3) is 0 Å². The molecule has 0 bridgehead atoms. The molecule has 1 nitrogen and oxygen atoms in total. The fourth-order valence-electron chi connectivity index (χ4n) is 0.906. The second kappa shape index (κ2) is 7.00. The van der Waals surface area contributed by atoms with Crippen LogP contribution < -0.4 is 0 Å². The predicted molar refractivity (Wildman–Crippen MR) is 91.3 cm³/mol. The summed E-state index contributed by atoms with van der Waals surface area (Å²) >= 11 is -1.57. The molecule has 0 heterocycles. The van der Waals surface area contributed by atoms with Crippen LogP contribution in [0.2, 0.25) is 43.5 Å². The average molecular weight is 342 g/mol. The van der Waals surface area contributed by atoms with E-state index in [0.29, 0.717) is 4.25 Å². The Morgan fingerprint density at radius 2 is 1.00 bits per heavy atom. The van der Waals surface area contributed by atoms with Gasteiger partial charge in [-0.05, 0) is 0 Å². The van der Waals surface area contributed by atoms with Crippen LogP contribution in [0.1, 0.15) is 20.8 Å². The Morgan fingerprint density at radius 1 is 0.722 bits per heavy atom. The molecule has 0 rings (SSSR count). The second-order valence-electron chi connectivity index (χ2n) is 7.62. The number of hydrogen-bond acceptors (Lipinski definition) is 0. The topological polar surface area (TPSA) is 31.5 Å². The van der Waals surface area contributed by atoms with E-state index in [2.05, 4.69) is 80.6 Å². The maximum atomic E-state index is 3.60. The van der Waals surface area contributed by atoms with E-state index < -0.39 is 30.5 Å². The van der Waals surface area contributed by atoms with E-state index in [4.69, 9.17) is 0 Å². The molecular formula is C14H29GeOSi2. The van der Waals surface area contributed by atoms with Crippen molar-refractivity contribution < 1.29 is 5.48 Å². The van der Waals surface area contributed by atoms with Gasteiger partial charge in [-0.15, -0.1) is 0 Å². The van der Waals surface area contributed by atoms with Crippen LogP contribution in [-0.2, 0) is 0 Å². The SMILES string of the molecule is C[C](C)(C)[Ge]([C]#C[Si](C)(C)C)[C]#C[Si](C)(C)C.O. The van der Waals surface area contributed by atoms with Crippen LogP contribution >= 0.6 is 0 Å². The van der Waals surface area contributed by atoms with Gasteiger partial charge in [-0.25, -0.2) is 0 Å². The Balaban J connectivity index is 0. The zero-order valence-electron chi connectivity index (χ0n) is 13.5. The van der Waals surface area contributed by atoms with Crippen LogP contribution in [-0.4, -0.2) is 36.0 Å². The summed E-state index contributed by atoms with van der Waals surface area (Å²) < 4.78 is 7.52. The van der Waals surface area contributed by atoms with Crippen molar-refractivity contribution in [2.24, 2.45) is 0 Å². The molecule has 0 fully saturated rings. The summed E-state index contributed by atoms with van der Waals surface area (Å²) in [5.74, 6) is 0. The smallest absolute Gasteiger partial charge is 0.412 e. The quantitative estimate of drug-likeness (QED) is 0.478. The van der Waals surface area contributed by atoms with Crippen molar-refractivity contribution in [2.75, 3.05) is 0 Å². The summed E-state index contributed by atoms with van der Waals surface area (Å²) in [7, 11) is -2.50. The van der Waals surface area contributed by atoms with Gasteiger partial charge in [-0.3, -0.25) is 0 Å². The summed E-state index contributed by atoms with van der Waals surface area (Å²) in [4.78, 5) is 0. The van der Waals surface area contributed by atoms with Gasteiger partial charge in [0.15, 0.2) is 0 Å². The van der Waals surface area contributed by atoms with Crippen LogP contribution in [0.3, 0.4) is 0 Å². The minimum absolute atomic E-state index is 0. The molecule has 0 saturated heterocycles. The molecule has 0 aromatic rings. The van der Waals surface area contributed by atoms with Gasteiger partial charge in [-0.1, -0.05) is 0 Å². The molecule has 0 aromatic carbocycles. The molecule has 1 radical (unpaired) electrons.